The van der Waals surface area contributed by atoms with Gasteiger partial charge in [-0.3, -0.25) is 4.79 Å². The summed E-state index contributed by atoms with van der Waals surface area (Å²) in [6.07, 6.45) is 2.68. The predicted molar refractivity (Wildman–Crippen MR) is 98.1 cm³/mol. The predicted octanol–water partition coefficient (Wildman–Crippen LogP) is 3.24. The van der Waals surface area contributed by atoms with Gasteiger partial charge in [0.25, 0.3) is 0 Å². The Bertz CT molecular complexity index is 537. The zero-order valence-electron chi connectivity index (χ0n) is 15.5. The third-order valence-corrected chi connectivity index (χ3v) is 4.77. The second-order valence-electron chi connectivity index (χ2n) is 8.10. The molecule has 0 heterocycles. The standard InChI is InChI=1S/C20H32N2O2/c1-14(2)12-24-18-9-6-16(7-10-18)20(3,4)13-22-19(23)15-5-8-17(21)11-15/h6-7,9-10,14-15,17H,5,8,11-13,21H2,1-4H3,(H,22,23). The average Bonchev–Trinajstić information content (AvgIpc) is 2.97. The Morgan fingerprint density at radius 2 is 1.96 bits per heavy atom. The average molecular weight is 332 g/mol. The number of carbonyl (C=O) groups is 1. The van der Waals surface area contributed by atoms with E-state index >= 15 is 0 Å². The fraction of sp³-hybridized carbons (Fsp3) is 0.650. The topological polar surface area (TPSA) is 64.3 Å². The third-order valence-electron chi connectivity index (χ3n) is 4.77. The first kappa shape index (κ1) is 18.8. The van der Waals surface area contributed by atoms with E-state index in [-0.39, 0.29) is 23.3 Å². The van der Waals surface area contributed by atoms with E-state index in [2.05, 4.69) is 45.1 Å². The lowest BCUT2D eigenvalue weighted by Gasteiger charge is -2.26. The van der Waals surface area contributed by atoms with E-state index in [1.165, 1.54) is 5.56 Å². The maximum Gasteiger partial charge on any atom is 0.223 e. The Hall–Kier alpha value is -1.55. The molecule has 0 radical (unpaired) electrons. The second-order valence-corrected chi connectivity index (χ2v) is 8.10. The van der Waals surface area contributed by atoms with Crippen LogP contribution in [-0.4, -0.2) is 25.1 Å². The summed E-state index contributed by atoms with van der Waals surface area (Å²) >= 11 is 0. The van der Waals surface area contributed by atoms with Crippen molar-refractivity contribution in [3.8, 4) is 5.75 Å². The summed E-state index contributed by atoms with van der Waals surface area (Å²) in [7, 11) is 0. The van der Waals surface area contributed by atoms with E-state index in [4.69, 9.17) is 10.5 Å². The van der Waals surface area contributed by atoms with Gasteiger partial charge < -0.3 is 15.8 Å². The van der Waals surface area contributed by atoms with Gasteiger partial charge in [-0.1, -0.05) is 39.8 Å². The summed E-state index contributed by atoms with van der Waals surface area (Å²) in [5.41, 5.74) is 6.98. The highest BCUT2D eigenvalue weighted by Crippen LogP contribution is 2.27. The first-order valence-corrected chi connectivity index (χ1v) is 9.04. The highest BCUT2D eigenvalue weighted by atomic mass is 16.5. The van der Waals surface area contributed by atoms with Crippen molar-refractivity contribution in [2.24, 2.45) is 17.6 Å². The Balaban J connectivity index is 1.88. The Labute approximate surface area is 146 Å². The smallest absolute Gasteiger partial charge is 0.223 e. The largest absolute Gasteiger partial charge is 0.493 e. The molecule has 24 heavy (non-hydrogen) atoms. The molecule has 134 valence electrons. The van der Waals surface area contributed by atoms with Crippen molar-refractivity contribution in [1.29, 1.82) is 0 Å². The Kier molecular flexibility index (Phi) is 6.27. The number of carbonyl (C=O) groups excluding carboxylic acids is 1. The zero-order valence-corrected chi connectivity index (χ0v) is 15.5. The minimum absolute atomic E-state index is 0.0857. The summed E-state index contributed by atoms with van der Waals surface area (Å²) in [4.78, 5) is 12.3. The highest BCUT2D eigenvalue weighted by molar-refractivity contribution is 5.79. The number of ether oxygens (including phenoxy) is 1. The van der Waals surface area contributed by atoms with Gasteiger partial charge in [0.05, 0.1) is 6.61 Å². The van der Waals surface area contributed by atoms with Gasteiger partial charge in [-0.2, -0.15) is 0 Å². The maximum absolute atomic E-state index is 12.3. The van der Waals surface area contributed by atoms with Gasteiger partial charge in [0.2, 0.25) is 5.91 Å². The van der Waals surface area contributed by atoms with Gasteiger partial charge in [-0.25, -0.2) is 0 Å². The summed E-state index contributed by atoms with van der Waals surface area (Å²) in [5.74, 6) is 1.64. The zero-order chi connectivity index (χ0) is 17.7. The molecule has 1 amide bonds. The van der Waals surface area contributed by atoms with Crippen molar-refractivity contribution in [2.75, 3.05) is 13.2 Å². The number of hydrogen-bond donors (Lipinski definition) is 2. The monoisotopic (exact) mass is 332 g/mol. The van der Waals surface area contributed by atoms with Gasteiger partial charge in [-0.15, -0.1) is 0 Å². The molecule has 0 spiro atoms. The molecular formula is C20H32N2O2. The van der Waals surface area contributed by atoms with Crippen LogP contribution in [0.25, 0.3) is 0 Å². The lowest BCUT2D eigenvalue weighted by Crippen LogP contribution is -2.39. The van der Waals surface area contributed by atoms with Crippen LogP contribution in [0, 0.1) is 11.8 Å². The van der Waals surface area contributed by atoms with Crippen LogP contribution in [0.15, 0.2) is 24.3 Å². The van der Waals surface area contributed by atoms with Crippen molar-refractivity contribution < 1.29 is 9.53 Å². The van der Waals surface area contributed by atoms with Gasteiger partial charge in [0.1, 0.15) is 5.75 Å². The van der Waals surface area contributed by atoms with Gasteiger partial charge in [-0.05, 0) is 42.9 Å². The van der Waals surface area contributed by atoms with E-state index in [0.717, 1.165) is 31.6 Å². The second kappa shape index (κ2) is 8.02. The van der Waals surface area contributed by atoms with Crippen LogP contribution in [0.4, 0.5) is 0 Å². The number of nitrogens with one attached hydrogen (secondary N) is 1. The number of amides is 1. The summed E-state index contributed by atoms with van der Waals surface area (Å²) in [6, 6.07) is 8.39. The summed E-state index contributed by atoms with van der Waals surface area (Å²) in [5, 5.41) is 3.11. The lowest BCUT2D eigenvalue weighted by molar-refractivity contribution is -0.125. The SMILES string of the molecule is CC(C)COc1ccc(C(C)(C)CNC(=O)C2CCC(N)C2)cc1. The van der Waals surface area contributed by atoms with E-state index in [0.29, 0.717) is 12.5 Å². The van der Waals surface area contributed by atoms with Crippen LogP contribution in [0.1, 0.15) is 52.5 Å². The van der Waals surface area contributed by atoms with Crippen LogP contribution < -0.4 is 15.8 Å². The van der Waals surface area contributed by atoms with Crippen LogP contribution in [-0.2, 0) is 10.2 Å². The maximum atomic E-state index is 12.3. The van der Waals surface area contributed by atoms with Crippen LogP contribution in [0.3, 0.4) is 0 Å². The van der Waals surface area contributed by atoms with Crippen LogP contribution >= 0.6 is 0 Å². The summed E-state index contributed by atoms with van der Waals surface area (Å²) < 4.78 is 5.73. The third kappa shape index (κ3) is 5.23. The van der Waals surface area contributed by atoms with E-state index in [1.54, 1.807) is 0 Å². The van der Waals surface area contributed by atoms with E-state index < -0.39 is 0 Å². The first-order chi connectivity index (χ1) is 11.3. The molecule has 4 nitrogen and oxygen atoms in total. The molecular weight excluding hydrogens is 300 g/mol. The lowest BCUT2D eigenvalue weighted by atomic mass is 9.84. The number of benzene rings is 1. The number of hydrogen-bond acceptors (Lipinski definition) is 3. The van der Waals surface area contributed by atoms with Crippen LogP contribution in [0.5, 0.6) is 5.75 Å². The van der Waals surface area contributed by atoms with Gasteiger partial charge >= 0.3 is 0 Å². The van der Waals surface area contributed by atoms with Crippen molar-refractivity contribution in [2.45, 2.75) is 58.4 Å². The van der Waals surface area contributed by atoms with Crippen molar-refractivity contribution in [3.05, 3.63) is 29.8 Å². The molecule has 2 rings (SSSR count). The molecule has 4 heteroatoms. The van der Waals surface area contributed by atoms with E-state index in [1.807, 2.05) is 12.1 Å². The van der Waals surface area contributed by atoms with E-state index in [9.17, 15) is 4.79 Å². The molecule has 1 aromatic rings. The quantitative estimate of drug-likeness (QED) is 0.805. The molecule has 0 aromatic heterocycles. The van der Waals surface area contributed by atoms with Crippen molar-refractivity contribution in [3.63, 3.8) is 0 Å². The fourth-order valence-corrected chi connectivity index (χ4v) is 3.07. The molecule has 2 unspecified atom stereocenters. The van der Waals surface area contributed by atoms with Crippen molar-refractivity contribution >= 4 is 5.91 Å². The number of rotatable bonds is 7. The number of nitrogens with two attached hydrogens (primary N) is 1. The highest BCUT2D eigenvalue weighted by Gasteiger charge is 2.29. The molecule has 3 N–H and O–H groups in total. The van der Waals surface area contributed by atoms with Gasteiger partial charge in [0.15, 0.2) is 0 Å². The minimum Gasteiger partial charge on any atom is -0.493 e. The molecule has 1 aliphatic rings. The molecule has 0 saturated heterocycles. The minimum atomic E-state index is -0.118. The van der Waals surface area contributed by atoms with Crippen molar-refractivity contribution in [1.82, 2.24) is 5.32 Å². The normalized spacial score (nSPS) is 21.1. The molecule has 1 aliphatic carbocycles. The molecule has 0 bridgehead atoms. The first-order valence-electron chi connectivity index (χ1n) is 9.04. The molecule has 1 fully saturated rings. The fourth-order valence-electron chi connectivity index (χ4n) is 3.07. The Morgan fingerprint density at radius 3 is 2.50 bits per heavy atom. The van der Waals surface area contributed by atoms with Crippen LogP contribution in [0.2, 0.25) is 0 Å². The van der Waals surface area contributed by atoms with Gasteiger partial charge in [0, 0.05) is 23.9 Å². The summed E-state index contributed by atoms with van der Waals surface area (Å²) in [6.45, 7) is 9.93. The molecule has 2 atom stereocenters. The molecule has 1 aromatic carbocycles. The Morgan fingerprint density at radius 1 is 1.29 bits per heavy atom. The molecule has 1 saturated carbocycles. The molecule has 0 aliphatic heterocycles.